The predicted octanol–water partition coefficient (Wildman–Crippen LogP) is 2.45. The summed E-state index contributed by atoms with van der Waals surface area (Å²) in [5.74, 6) is -0.284. The van der Waals surface area contributed by atoms with E-state index in [1.165, 1.54) is 8.61 Å². The van der Waals surface area contributed by atoms with Crippen LogP contribution >= 0.6 is 11.6 Å². The molecule has 1 aliphatic heterocycles. The topological polar surface area (TPSA) is 69.7 Å². The number of carbonyl (C=O) groups excluding carboxylic acids is 1. The van der Waals surface area contributed by atoms with Crippen LogP contribution in [0.1, 0.15) is 17.5 Å². The van der Waals surface area contributed by atoms with Crippen LogP contribution in [0.3, 0.4) is 0 Å². The van der Waals surface area contributed by atoms with E-state index in [1.54, 1.807) is 12.1 Å². The van der Waals surface area contributed by atoms with E-state index in [-0.39, 0.29) is 19.0 Å². The van der Waals surface area contributed by atoms with Crippen molar-refractivity contribution in [3.63, 3.8) is 0 Å². The van der Waals surface area contributed by atoms with Gasteiger partial charge in [0.2, 0.25) is 5.91 Å². The third-order valence-electron chi connectivity index (χ3n) is 4.64. The van der Waals surface area contributed by atoms with E-state index in [1.807, 2.05) is 42.5 Å². The van der Waals surface area contributed by atoms with Crippen LogP contribution in [0, 0.1) is 0 Å². The molecule has 0 radical (unpaired) electrons. The maximum atomic E-state index is 12.9. The number of nitrogens with one attached hydrogen (secondary N) is 1. The molecule has 0 unspecified atom stereocenters. The Morgan fingerprint density at radius 2 is 1.64 bits per heavy atom. The quantitative estimate of drug-likeness (QED) is 0.746. The number of benzene rings is 2. The van der Waals surface area contributed by atoms with Gasteiger partial charge in [-0.15, -0.1) is 0 Å². The Labute approximate surface area is 171 Å². The molecule has 6 nitrogen and oxygen atoms in total. The van der Waals surface area contributed by atoms with E-state index in [9.17, 15) is 13.2 Å². The molecule has 1 saturated heterocycles. The van der Waals surface area contributed by atoms with Gasteiger partial charge in [0, 0.05) is 31.2 Å². The van der Waals surface area contributed by atoms with Gasteiger partial charge in [-0.25, -0.2) is 0 Å². The highest BCUT2D eigenvalue weighted by atomic mass is 35.5. The smallest absolute Gasteiger partial charge is 0.282 e. The first-order valence-corrected chi connectivity index (χ1v) is 11.0. The van der Waals surface area contributed by atoms with Crippen molar-refractivity contribution >= 4 is 27.7 Å². The zero-order chi connectivity index (χ0) is 20.0. The zero-order valence-corrected chi connectivity index (χ0v) is 17.1. The molecule has 0 atom stereocenters. The first-order chi connectivity index (χ1) is 13.4. The number of halogens is 1. The van der Waals surface area contributed by atoms with Crippen LogP contribution < -0.4 is 5.32 Å². The van der Waals surface area contributed by atoms with Crippen LogP contribution in [0.25, 0.3) is 0 Å². The number of hydrogen-bond acceptors (Lipinski definition) is 3. The molecule has 1 heterocycles. The maximum Gasteiger partial charge on any atom is 0.282 e. The van der Waals surface area contributed by atoms with Gasteiger partial charge in [-0.1, -0.05) is 54.1 Å². The Balaban J connectivity index is 1.54. The van der Waals surface area contributed by atoms with Gasteiger partial charge in [-0.2, -0.15) is 17.0 Å². The summed E-state index contributed by atoms with van der Waals surface area (Å²) in [4.78, 5) is 12.2. The number of hydrogen-bond donors (Lipinski definition) is 1. The van der Waals surface area contributed by atoms with Gasteiger partial charge >= 0.3 is 0 Å². The van der Waals surface area contributed by atoms with Gasteiger partial charge in [0.15, 0.2) is 0 Å². The molecule has 0 spiro atoms. The molecule has 1 fully saturated rings. The molecule has 150 valence electrons. The van der Waals surface area contributed by atoms with Gasteiger partial charge in [0.1, 0.15) is 0 Å². The minimum absolute atomic E-state index is 0.158. The average Bonchev–Trinajstić information content (AvgIpc) is 2.68. The first kappa shape index (κ1) is 20.8. The molecule has 1 N–H and O–H groups in total. The summed E-state index contributed by atoms with van der Waals surface area (Å²) in [6, 6.07) is 16.9. The lowest BCUT2D eigenvalue weighted by Gasteiger charge is -2.34. The Bertz CT molecular complexity index is 889. The van der Waals surface area contributed by atoms with E-state index in [2.05, 4.69) is 5.32 Å². The standard InChI is InChI=1S/C20H24ClN3O3S/c21-19-9-7-18(8-10-19)15-23-13-4-14-24(28(23,26)27)16-20(25)22-12-11-17-5-2-1-3-6-17/h1-3,5-10H,4,11-16H2,(H,22,25). The van der Waals surface area contributed by atoms with E-state index in [4.69, 9.17) is 11.6 Å². The molecule has 1 aliphatic rings. The largest absolute Gasteiger partial charge is 0.355 e. The van der Waals surface area contributed by atoms with Gasteiger partial charge in [0.25, 0.3) is 10.2 Å². The molecule has 0 aromatic heterocycles. The number of amides is 1. The molecule has 2 aromatic carbocycles. The zero-order valence-electron chi connectivity index (χ0n) is 15.6. The fourth-order valence-corrected chi connectivity index (χ4v) is 4.90. The lowest BCUT2D eigenvalue weighted by Crippen LogP contribution is -2.52. The Kier molecular flexibility index (Phi) is 7.07. The molecule has 2 aromatic rings. The van der Waals surface area contributed by atoms with Crippen molar-refractivity contribution in [2.45, 2.75) is 19.4 Å². The van der Waals surface area contributed by atoms with Crippen molar-refractivity contribution in [2.24, 2.45) is 0 Å². The summed E-state index contributed by atoms with van der Waals surface area (Å²) in [5.41, 5.74) is 1.99. The molecule has 0 aliphatic carbocycles. The van der Waals surface area contributed by atoms with Gasteiger partial charge in [-0.3, -0.25) is 4.79 Å². The lowest BCUT2D eigenvalue weighted by molar-refractivity contribution is -0.121. The third-order valence-corrected chi connectivity index (χ3v) is 6.82. The number of rotatable bonds is 7. The monoisotopic (exact) mass is 421 g/mol. The van der Waals surface area contributed by atoms with Crippen LogP contribution in [0.15, 0.2) is 54.6 Å². The third kappa shape index (κ3) is 5.54. The maximum absolute atomic E-state index is 12.9. The minimum Gasteiger partial charge on any atom is -0.355 e. The molecule has 28 heavy (non-hydrogen) atoms. The van der Waals surface area contributed by atoms with Crippen LogP contribution in [-0.2, 0) is 28.0 Å². The van der Waals surface area contributed by atoms with Gasteiger partial charge < -0.3 is 5.32 Å². The Hall–Kier alpha value is -1.93. The normalized spacial score (nSPS) is 17.3. The second kappa shape index (κ2) is 9.52. The number of nitrogens with zero attached hydrogens (tertiary/aromatic N) is 2. The fraction of sp³-hybridized carbons (Fsp3) is 0.350. The summed E-state index contributed by atoms with van der Waals surface area (Å²) >= 11 is 5.89. The molecule has 8 heteroatoms. The van der Waals surface area contributed by atoms with Crippen LogP contribution in [0.5, 0.6) is 0 Å². The Morgan fingerprint density at radius 1 is 0.964 bits per heavy atom. The summed E-state index contributed by atoms with van der Waals surface area (Å²) in [6.45, 7) is 1.38. The highest BCUT2D eigenvalue weighted by molar-refractivity contribution is 7.86. The summed E-state index contributed by atoms with van der Waals surface area (Å²) < 4.78 is 28.4. The van der Waals surface area contributed by atoms with Crippen LogP contribution in [-0.4, -0.2) is 49.1 Å². The summed E-state index contributed by atoms with van der Waals surface area (Å²) in [5, 5.41) is 3.42. The van der Waals surface area contributed by atoms with Crippen LogP contribution in [0.2, 0.25) is 5.02 Å². The SMILES string of the molecule is O=C(CN1CCCN(Cc2ccc(Cl)cc2)S1(=O)=O)NCCc1ccccc1. The molecule has 0 saturated carbocycles. The molecular formula is C20H24ClN3O3S. The van der Waals surface area contributed by atoms with E-state index in [0.717, 1.165) is 11.1 Å². The Morgan fingerprint density at radius 3 is 2.36 bits per heavy atom. The predicted molar refractivity (Wildman–Crippen MR) is 110 cm³/mol. The summed E-state index contributed by atoms with van der Waals surface area (Å²) in [6.07, 6.45) is 1.39. The van der Waals surface area contributed by atoms with Crippen molar-refractivity contribution in [3.8, 4) is 0 Å². The molecule has 1 amide bonds. The van der Waals surface area contributed by atoms with E-state index >= 15 is 0 Å². The summed E-state index contributed by atoms with van der Waals surface area (Å²) in [7, 11) is -3.67. The highest BCUT2D eigenvalue weighted by Gasteiger charge is 2.34. The van der Waals surface area contributed by atoms with E-state index in [0.29, 0.717) is 37.5 Å². The minimum atomic E-state index is -3.67. The van der Waals surface area contributed by atoms with Crippen LogP contribution in [0.4, 0.5) is 0 Å². The first-order valence-electron chi connectivity index (χ1n) is 9.25. The second-order valence-electron chi connectivity index (χ2n) is 6.74. The van der Waals surface area contributed by atoms with Gasteiger partial charge in [0.05, 0.1) is 6.54 Å². The van der Waals surface area contributed by atoms with Gasteiger partial charge in [-0.05, 0) is 36.1 Å². The number of carbonyl (C=O) groups is 1. The second-order valence-corrected chi connectivity index (χ2v) is 9.11. The average molecular weight is 422 g/mol. The van der Waals surface area contributed by atoms with Crippen molar-refractivity contribution < 1.29 is 13.2 Å². The van der Waals surface area contributed by atoms with E-state index < -0.39 is 10.2 Å². The highest BCUT2D eigenvalue weighted by Crippen LogP contribution is 2.20. The fourth-order valence-electron chi connectivity index (χ4n) is 3.14. The van der Waals surface area contributed by atoms with Crippen molar-refractivity contribution in [2.75, 3.05) is 26.2 Å². The lowest BCUT2D eigenvalue weighted by atomic mass is 10.1. The molecular weight excluding hydrogens is 398 g/mol. The van der Waals surface area contributed by atoms with Crippen molar-refractivity contribution in [3.05, 3.63) is 70.7 Å². The van der Waals surface area contributed by atoms with Crippen molar-refractivity contribution in [1.82, 2.24) is 13.9 Å². The molecule has 0 bridgehead atoms. The molecule has 3 rings (SSSR count). The van der Waals surface area contributed by atoms with Crippen molar-refractivity contribution in [1.29, 1.82) is 0 Å².